The van der Waals surface area contributed by atoms with Crippen molar-refractivity contribution in [2.45, 2.75) is 20.3 Å². The van der Waals surface area contributed by atoms with Crippen molar-refractivity contribution in [3.05, 3.63) is 83.1 Å². The molecule has 1 heterocycles. The molecule has 3 aromatic carbocycles. The van der Waals surface area contributed by atoms with E-state index in [2.05, 4.69) is 5.32 Å². The number of nitrogens with zero attached hydrogens (tertiary/aromatic N) is 1. The molecule has 0 unspecified atom stereocenters. The number of fused-ring (bicyclic) bond motifs is 1. The number of nitrogens with one attached hydrogen (secondary N) is 1. The Bertz CT molecular complexity index is 1190. The maximum atomic E-state index is 13.4. The van der Waals surface area contributed by atoms with E-state index >= 15 is 0 Å². The lowest BCUT2D eigenvalue weighted by Gasteiger charge is -2.15. The fraction of sp³-hybridized carbons (Fsp3) is 0.231. The van der Waals surface area contributed by atoms with E-state index in [1.54, 1.807) is 7.11 Å². The zero-order valence-electron chi connectivity index (χ0n) is 18.1. The molecule has 0 fully saturated rings. The first-order chi connectivity index (χ1) is 15.0. The smallest absolute Gasteiger partial charge is 0.278 e. The van der Waals surface area contributed by atoms with Gasteiger partial charge in [-0.25, -0.2) is 0 Å². The number of ether oxygens (including phenoxy) is 1. The molecule has 0 atom stereocenters. The van der Waals surface area contributed by atoms with Crippen LogP contribution in [-0.2, 0) is 14.3 Å². The molecule has 1 aliphatic heterocycles. The van der Waals surface area contributed by atoms with E-state index in [0.29, 0.717) is 30.8 Å². The molecule has 0 spiro atoms. The molecule has 4 rings (SSSR count). The Balaban J connectivity index is 1.81. The van der Waals surface area contributed by atoms with Crippen LogP contribution in [0.1, 0.15) is 23.1 Å². The minimum Gasteiger partial charge on any atom is -0.385 e. The van der Waals surface area contributed by atoms with Crippen molar-refractivity contribution >= 4 is 33.8 Å². The zero-order chi connectivity index (χ0) is 22.0. The van der Waals surface area contributed by atoms with Crippen LogP contribution < -0.4 is 5.32 Å². The van der Waals surface area contributed by atoms with E-state index in [-0.39, 0.29) is 11.8 Å². The number of benzene rings is 3. The molecule has 5 nitrogen and oxygen atoms in total. The van der Waals surface area contributed by atoms with Gasteiger partial charge in [-0.2, -0.15) is 0 Å². The Labute approximate surface area is 182 Å². The molecule has 2 amide bonds. The Morgan fingerprint density at radius 2 is 1.71 bits per heavy atom. The van der Waals surface area contributed by atoms with Crippen molar-refractivity contribution < 1.29 is 14.3 Å². The third-order valence-electron chi connectivity index (χ3n) is 5.60. The highest BCUT2D eigenvalue weighted by molar-refractivity contribution is 6.37. The van der Waals surface area contributed by atoms with Crippen molar-refractivity contribution in [1.29, 1.82) is 0 Å². The fourth-order valence-electron chi connectivity index (χ4n) is 4.08. The average Bonchev–Trinajstić information content (AvgIpc) is 2.98. The van der Waals surface area contributed by atoms with Crippen LogP contribution >= 0.6 is 0 Å². The van der Waals surface area contributed by atoms with E-state index in [9.17, 15) is 9.59 Å². The van der Waals surface area contributed by atoms with Crippen LogP contribution in [-0.4, -0.2) is 37.0 Å². The predicted octanol–water partition coefficient (Wildman–Crippen LogP) is 4.69. The molecule has 0 bridgehead atoms. The number of hydrogen-bond donors (Lipinski definition) is 1. The summed E-state index contributed by atoms with van der Waals surface area (Å²) in [4.78, 5) is 28.1. The second-order valence-corrected chi connectivity index (χ2v) is 7.83. The molecule has 0 saturated heterocycles. The van der Waals surface area contributed by atoms with Crippen molar-refractivity contribution in [1.82, 2.24) is 4.90 Å². The molecule has 0 aliphatic carbocycles. The first kappa shape index (κ1) is 20.8. The second-order valence-electron chi connectivity index (χ2n) is 7.83. The van der Waals surface area contributed by atoms with Gasteiger partial charge in [0.25, 0.3) is 11.8 Å². The summed E-state index contributed by atoms with van der Waals surface area (Å²) in [6, 6.07) is 19.8. The monoisotopic (exact) mass is 414 g/mol. The highest BCUT2D eigenvalue weighted by Gasteiger charge is 2.39. The minimum absolute atomic E-state index is 0.268. The highest BCUT2D eigenvalue weighted by atomic mass is 16.5. The van der Waals surface area contributed by atoms with E-state index in [1.807, 2.05) is 74.5 Å². The van der Waals surface area contributed by atoms with Crippen LogP contribution in [0.3, 0.4) is 0 Å². The van der Waals surface area contributed by atoms with Crippen LogP contribution in [0.5, 0.6) is 0 Å². The van der Waals surface area contributed by atoms with Gasteiger partial charge in [-0.1, -0.05) is 60.2 Å². The molecule has 0 radical (unpaired) electrons. The molecule has 1 aliphatic rings. The van der Waals surface area contributed by atoms with Crippen LogP contribution in [0, 0.1) is 13.8 Å². The molecule has 1 N–H and O–H groups in total. The van der Waals surface area contributed by atoms with E-state index < -0.39 is 0 Å². The average molecular weight is 415 g/mol. The van der Waals surface area contributed by atoms with Crippen LogP contribution in [0.15, 0.2) is 66.4 Å². The molecule has 158 valence electrons. The van der Waals surface area contributed by atoms with Gasteiger partial charge in [0.05, 0.1) is 5.57 Å². The Hall–Kier alpha value is -3.44. The number of methoxy groups -OCH3 is 1. The number of imide groups is 1. The number of rotatable bonds is 7. The summed E-state index contributed by atoms with van der Waals surface area (Å²) in [5.74, 6) is -0.570. The minimum atomic E-state index is -0.302. The van der Waals surface area contributed by atoms with E-state index in [4.69, 9.17) is 4.74 Å². The summed E-state index contributed by atoms with van der Waals surface area (Å²) in [7, 11) is 1.61. The topological polar surface area (TPSA) is 58.6 Å². The third-order valence-corrected chi connectivity index (χ3v) is 5.60. The molecular weight excluding hydrogens is 388 g/mol. The zero-order valence-corrected chi connectivity index (χ0v) is 18.1. The molecule has 0 aromatic heterocycles. The van der Waals surface area contributed by atoms with Crippen LogP contribution in [0.2, 0.25) is 0 Å². The summed E-state index contributed by atoms with van der Waals surface area (Å²) in [5.41, 5.74) is 4.40. The number of amides is 2. The Morgan fingerprint density at radius 3 is 2.48 bits per heavy atom. The number of anilines is 1. The normalized spacial score (nSPS) is 14.1. The number of carbonyl (C=O) groups is 2. The van der Waals surface area contributed by atoms with Crippen molar-refractivity contribution in [2.24, 2.45) is 0 Å². The number of carbonyl (C=O) groups excluding carboxylic acids is 2. The van der Waals surface area contributed by atoms with Gasteiger partial charge < -0.3 is 10.1 Å². The van der Waals surface area contributed by atoms with Crippen molar-refractivity contribution in [3.8, 4) is 0 Å². The summed E-state index contributed by atoms with van der Waals surface area (Å²) < 4.78 is 5.11. The largest absolute Gasteiger partial charge is 0.385 e. The van der Waals surface area contributed by atoms with Gasteiger partial charge in [-0.3, -0.25) is 14.5 Å². The Morgan fingerprint density at radius 1 is 0.935 bits per heavy atom. The fourth-order valence-corrected chi connectivity index (χ4v) is 4.08. The van der Waals surface area contributed by atoms with Crippen LogP contribution in [0.4, 0.5) is 5.69 Å². The van der Waals surface area contributed by atoms with Gasteiger partial charge in [-0.15, -0.1) is 0 Å². The quantitative estimate of drug-likeness (QED) is 0.450. The summed E-state index contributed by atoms with van der Waals surface area (Å²) in [6.07, 6.45) is 0.593. The van der Waals surface area contributed by atoms with Gasteiger partial charge >= 0.3 is 0 Å². The molecule has 31 heavy (non-hydrogen) atoms. The van der Waals surface area contributed by atoms with Gasteiger partial charge in [-0.05, 0) is 42.8 Å². The molecule has 5 heteroatoms. The number of hydrogen-bond acceptors (Lipinski definition) is 4. The second kappa shape index (κ2) is 8.74. The van der Waals surface area contributed by atoms with Gasteiger partial charge in [0.1, 0.15) is 5.70 Å². The SMILES string of the molecule is COCCCN1C(=O)C(Nc2cccc3ccccc23)=C(c2ccc(C)cc2C)C1=O. The lowest BCUT2D eigenvalue weighted by Crippen LogP contribution is -2.34. The maximum absolute atomic E-state index is 13.4. The first-order valence-corrected chi connectivity index (χ1v) is 10.4. The Kier molecular flexibility index (Phi) is 5.87. The summed E-state index contributed by atoms with van der Waals surface area (Å²) >= 11 is 0. The van der Waals surface area contributed by atoms with Crippen molar-refractivity contribution in [2.75, 3.05) is 25.6 Å². The first-order valence-electron chi connectivity index (χ1n) is 10.4. The van der Waals surface area contributed by atoms with Crippen LogP contribution in [0.25, 0.3) is 16.3 Å². The van der Waals surface area contributed by atoms with Gasteiger partial charge in [0, 0.05) is 31.3 Å². The lowest BCUT2D eigenvalue weighted by atomic mass is 9.97. The van der Waals surface area contributed by atoms with E-state index in [0.717, 1.165) is 33.2 Å². The highest BCUT2D eigenvalue weighted by Crippen LogP contribution is 2.34. The summed E-state index contributed by atoms with van der Waals surface area (Å²) in [6.45, 7) is 4.79. The molecular formula is C26H26N2O3. The van der Waals surface area contributed by atoms with Crippen molar-refractivity contribution in [3.63, 3.8) is 0 Å². The summed E-state index contributed by atoms with van der Waals surface area (Å²) in [5, 5.41) is 5.37. The standard InChI is InChI=1S/C26H26N2O3/c1-17-12-13-20(18(2)16-17)23-24(26(30)28(25(23)29)14-7-15-31-3)27-22-11-6-9-19-8-4-5-10-21(19)22/h4-6,8-13,16,27H,7,14-15H2,1-3H3. The van der Waals surface area contributed by atoms with E-state index in [1.165, 1.54) is 4.90 Å². The van der Waals surface area contributed by atoms with Gasteiger partial charge in [0.15, 0.2) is 0 Å². The number of aryl methyl sites for hydroxylation is 2. The third kappa shape index (κ3) is 3.97. The lowest BCUT2D eigenvalue weighted by molar-refractivity contribution is -0.136. The predicted molar refractivity (Wildman–Crippen MR) is 124 cm³/mol. The molecule has 0 saturated carbocycles. The van der Waals surface area contributed by atoms with Gasteiger partial charge in [0.2, 0.25) is 0 Å². The maximum Gasteiger partial charge on any atom is 0.278 e. The molecule has 3 aromatic rings.